The van der Waals surface area contributed by atoms with Crippen LogP contribution >= 0.6 is 0 Å². The van der Waals surface area contributed by atoms with Crippen LogP contribution < -0.4 is 16.0 Å². The zero-order chi connectivity index (χ0) is 22.1. The molecule has 0 radical (unpaired) electrons. The number of nitrogens with two attached hydrogens (primary N) is 1. The summed E-state index contributed by atoms with van der Waals surface area (Å²) in [6.45, 7) is 2.91. The van der Waals surface area contributed by atoms with Crippen molar-refractivity contribution in [1.29, 1.82) is 0 Å². The number of ether oxygens (including phenoxy) is 1. The molecule has 5 rings (SSSR count). The molecule has 0 atom stereocenters. The largest absolute Gasteiger partial charge is 0.383 e. The molecule has 1 aromatic carbocycles. The molecule has 0 unspecified atom stereocenters. The van der Waals surface area contributed by atoms with Crippen LogP contribution in [0.4, 0.5) is 32.1 Å². The summed E-state index contributed by atoms with van der Waals surface area (Å²) in [4.78, 5) is 19.5. The molecule has 1 aliphatic rings. The van der Waals surface area contributed by atoms with Crippen LogP contribution in [0.3, 0.4) is 0 Å². The lowest BCUT2D eigenvalue weighted by atomic mass is 10.1. The lowest BCUT2D eigenvalue weighted by Gasteiger charge is -2.27. The first-order chi connectivity index (χ1) is 15.6. The van der Waals surface area contributed by atoms with E-state index in [9.17, 15) is 8.78 Å². The van der Waals surface area contributed by atoms with Gasteiger partial charge in [-0.25, -0.2) is 18.7 Å². The molecule has 1 aliphatic heterocycles. The van der Waals surface area contributed by atoms with Crippen molar-refractivity contribution < 1.29 is 13.5 Å². The van der Waals surface area contributed by atoms with Gasteiger partial charge >= 0.3 is 0 Å². The van der Waals surface area contributed by atoms with Crippen molar-refractivity contribution in [3.63, 3.8) is 0 Å². The van der Waals surface area contributed by atoms with E-state index in [4.69, 9.17) is 10.5 Å². The number of morpholine rings is 1. The number of hydrogen-bond acceptors (Lipinski definition) is 8. The van der Waals surface area contributed by atoms with Crippen molar-refractivity contribution >= 4 is 34.2 Å². The normalized spacial score (nSPS) is 14.0. The van der Waals surface area contributed by atoms with Crippen molar-refractivity contribution in [2.45, 2.75) is 0 Å². The molecule has 0 spiro atoms. The minimum atomic E-state index is -0.736. The van der Waals surface area contributed by atoms with E-state index in [0.717, 1.165) is 18.9 Å². The Labute approximate surface area is 182 Å². The number of hydrogen-bond donors (Lipinski definition) is 2. The highest BCUT2D eigenvalue weighted by atomic mass is 19.1. The maximum atomic E-state index is 14.4. The van der Waals surface area contributed by atoms with Crippen LogP contribution in [-0.2, 0) is 4.74 Å². The smallest absolute Gasteiger partial charge is 0.229 e. The molecule has 10 heteroatoms. The molecule has 0 bridgehead atoms. The summed E-state index contributed by atoms with van der Waals surface area (Å²) in [6, 6.07) is 8.98. The van der Waals surface area contributed by atoms with Gasteiger partial charge in [-0.05, 0) is 30.3 Å². The van der Waals surface area contributed by atoms with Crippen LogP contribution in [0.5, 0.6) is 0 Å². The number of halogens is 2. The van der Waals surface area contributed by atoms with Crippen LogP contribution in [0.25, 0.3) is 22.2 Å². The molecule has 0 aliphatic carbocycles. The van der Waals surface area contributed by atoms with E-state index in [1.807, 2.05) is 12.1 Å². The van der Waals surface area contributed by atoms with Crippen molar-refractivity contribution in [3.8, 4) is 11.3 Å². The highest BCUT2D eigenvalue weighted by Crippen LogP contribution is 2.32. The van der Waals surface area contributed by atoms with Gasteiger partial charge in [-0.15, -0.1) is 0 Å². The van der Waals surface area contributed by atoms with Gasteiger partial charge in [0.15, 0.2) is 0 Å². The first kappa shape index (κ1) is 20.0. The maximum Gasteiger partial charge on any atom is 0.229 e. The fraction of sp³-hybridized carbons (Fsp3) is 0.182. The second-order valence-electron chi connectivity index (χ2n) is 7.21. The van der Waals surface area contributed by atoms with Crippen LogP contribution in [0, 0.1) is 11.6 Å². The number of pyridine rings is 2. The highest BCUT2D eigenvalue weighted by Gasteiger charge is 2.18. The molecular weight excluding hydrogens is 416 g/mol. The molecule has 1 saturated heterocycles. The average Bonchev–Trinajstić information content (AvgIpc) is 2.80. The van der Waals surface area contributed by atoms with Gasteiger partial charge in [0.05, 0.1) is 30.7 Å². The van der Waals surface area contributed by atoms with Gasteiger partial charge < -0.3 is 20.7 Å². The Kier molecular flexibility index (Phi) is 5.20. The molecule has 8 nitrogen and oxygen atoms in total. The van der Waals surface area contributed by atoms with Crippen molar-refractivity contribution in [3.05, 3.63) is 60.4 Å². The number of benzene rings is 1. The molecule has 4 aromatic rings. The Balaban J connectivity index is 1.50. The number of aromatic nitrogens is 4. The Morgan fingerprint density at radius 1 is 0.969 bits per heavy atom. The lowest BCUT2D eigenvalue weighted by Crippen LogP contribution is -2.36. The third-order valence-electron chi connectivity index (χ3n) is 5.18. The van der Waals surface area contributed by atoms with Gasteiger partial charge in [0.2, 0.25) is 5.95 Å². The van der Waals surface area contributed by atoms with Gasteiger partial charge in [-0.1, -0.05) is 6.07 Å². The Bertz CT molecular complexity index is 1260. The molecule has 4 heterocycles. The lowest BCUT2D eigenvalue weighted by molar-refractivity contribution is 0.122. The van der Waals surface area contributed by atoms with E-state index in [0.29, 0.717) is 24.3 Å². The van der Waals surface area contributed by atoms with Gasteiger partial charge in [0.1, 0.15) is 34.5 Å². The number of fused-ring (bicyclic) bond motifs is 1. The van der Waals surface area contributed by atoms with Crippen LogP contribution in [0.1, 0.15) is 0 Å². The molecule has 3 aromatic heterocycles. The molecule has 0 saturated carbocycles. The number of anilines is 4. The fourth-order valence-electron chi connectivity index (χ4n) is 3.61. The van der Waals surface area contributed by atoms with Crippen LogP contribution in [-0.4, -0.2) is 46.2 Å². The summed E-state index contributed by atoms with van der Waals surface area (Å²) < 4.78 is 34.2. The van der Waals surface area contributed by atoms with Crippen molar-refractivity contribution in [2.24, 2.45) is 0 Å². The van der Waals surface area contributed by atoms with Crippen LogP contribution in [0.15, 0.2) is 48.8 Å². The summed E-state index contributed by atoms with van der Waals surface area (Å²) in [7, 11) is 0. The van der Waals surface area contributed by atoms with E-state index < -0.39 is 11.6 Å². The van der Waals surface area contributed by atoms with Gasteiger partial charge in [0, 0.05) is 24.7 Å². The molecule has 3 N–H and O–H groups in total. The molecule has 0 amide bonds. The summed E-state index contributed by atoms with van der Waals surface area (Å²) >= 11 is 0. The standard InChI is InChI=1S/C22H19F2N7O/c23-15-2-1-3-16(24)18(15)20-19-14(6-7-26-20)21(25)30-22(29-19)28-13-4-5-17(27-12-13)31-8-10-32-11-9-31/h1-7,12H,8-11H2,(H3,25,28,29,30). The van der Waals surface area contributed by atoms with E-state index in [-0.39, 0.29) is 28.5 Å². The topological polar surface area (TPSA) is 102 Å². The second kappa shape index (κ2) is 8.31. The number of nitrogen functional groups attached to an aromatic ring is 1. The van der Waals surface area contributed by atoms with E-state index in [1.54, 1.807) is 12.3 Å². The maximum absolute atomic E-state index is 14.4. The number of nitrogens with one attached hydrogen (secondary N) is 1. The third-order valence-corrected chi connectivity index (χ3v) is 5.18. The Hall–Kier alpha value is -3.92. The third kappa shape index (κ3) is 3.76. The predicted molar refractivity (Wildman–Crippen MR) is 118 cm³/mol. The van der Waals surface area contributed by atoms with E-state index in [2.05, 4.69) is 30.2 Å². The van der Waals surface area contributed by atoms with Gasteiger partial charge in [-0.2, -0.15) is 4.98 Å². The molecule has 32 heavy (non-hydrogen) atoms. The zero-order valence-electron chi connectivity index (χ0n) is 16.9. The monoisotopic (exact) mass is 435 g/mol. The van der Waals surface area contributed by atoms with Gasteiger partial charge in [0.25, 0.3) is 0 Å². The first-order valence-corrected chi connectivity index (χ1v) is 10.0. The molecule has 1 fully saturated rings. The van der Waals surface area contributed by atoms with E-state index >= 15 is 0 Å². The van der Waals surface area contributed by atoms with Crippen LogP contribution in [0.2, 0.25) is 0 Å². The SMILES string of the molecule is Nc1nc(Nc2ccc(N3CCOCC3)nc2)nc2c(-c3c(F)cccc3F)nccc12. The van der Waals surface area contributed by atoms with Crippen molar-refractivity contribution in [1.82, 2.24) is 19.9 Å². The summed E-state index contributed by atoms with van der Waals surface area (Å²) in [5.74, 6) is -0.295. The summed E-state index contributed by atoms with van der Waals surface area (Å²) in [5, 5.41) is 3.50. The zero-order valence-corrected chi connectivity index (χ0v) is 16.9. The Morgan fingerprint density at radius 2 is 1.75 bits per heavy atom. The molecule has 162 valence electrons. The van der Waals surface area contributed by atoms with E-state index in [1.165, 1.54) is 24.4 Å². The Morgan fingerprint density at radius 3 is 2.47 bits per heavy atom. The number of rotatable bonds is 4. The summed E-state index contributed by atoms with van der Waals surface area (Å²) in [6.07, 6.45) is 3.08. The van der Waals surface area contributed by atoms with Crippen molar-refractivity contribution in [2.75, 3.05) is 42.3 Å². The van der Waals surface area contributed by atoms with Gasteiger partial charge in [-0.3, -0.25) is 4.98 Å². The highest BCUT2D eigenvalue weighted by molar-refractivity contribution is 5.97. The molecular formula is C22H19F2N7O. The quantitative estimate of drug-likeness (QED) is 0.502. The minimum absolute atomic E-state index is 0.0519. The summed E-state index contributed by atoms with van der Waals surface area (Å²) in [5.41, 5.74) is 6.78. The first-order valence-electron chi connectivity index (χ1n) is 10.0. The predicted octanol–water partition coefficient (Wildman–Crippen LogP) is 3.53. The second-order valence-corrected chi connectivity index (χ2v) is 7.21. The minimum Gasteiger partial charge on any atom is -0.383 e. The fourth-order valence-corrected chi connectivity index (χ4v) is 3.61. The number of nitrogens with zero attached hydrogens (tertiary/aromatic N) is 5. The average molecular weight is 435 g/mol.